The van der Waals surface area contributed by atoms with Crippen molar-refractivity contribution in [1.82, 2.24) is 5.32 Å². The van der Waals surface area contributed by atoms with Gasteiger partial charge in [0, 0.05) is 0 Å². The zero-order valence-electron chi connectivity index (χ0n) is 11.4. The first-order valence-electron chi connectivity index (χ1n) is 7.37. The molecular weight excluding hydrogens is 242 g/mol. The molecule has 104 valence electrons. The standard InChI is InChI=1S/C15H21NO3/c1-2-6-11-12-15(14(18)19-12,16-13(11)17)9-10-7-4-3-5-8-10/h4,7,10-12H,2-3,5-6,8-9H2,1H3,(H,16,17). The van der Waals surface area contributed by atoms with Gasteiger partial charge in [0.05, 0.1) is 5.92 Å². The van der Waals surface area contributed by atoms with Crippen LogP contribution in [0, 0.1) is 11.8 Å². The van der Waals surface area contributed by atoms with Gasteiger partial charge in [0.1, 0.15) is 6.10 Å². The number of nitrogens with one attached hydrogen (secondary N) is 1. The topological polar surface area (TPSA) is 55.4 Å². The molecular formula is C15H21NO3. The van der Waals surface area contributed by atoms with Crippen LogP contribution in [0.15, 0.2) is 12.2 Å². The van der Waals surface area contributed by atoms with Crippen LogP contribution in [0.4, 0.5) is 0 Å². The molecule has 4 unspecified atom stereocenters. The molecule has 0 aromatic carbocycles. The third-order valence-electron chi connectivity index (χ3n) is 4.67. The van der Waals surface area contributed by atoms with E-state index in [9.17, 15) is 9.59 Å². The van der Waals surface area contributed by atoms with Crippen LogP contribution in [0.5, 0.6) is 0 Å². The van der Waals surface area contributed by atoms with E-state index in [2.05, 4.69) is 24.4 Å². The Kier molecular flexibility index (Phi) is 3.11. The Morgan fingerprint density at radius 3 is 2.95 bits per heavy atom. The lowest BCUT2D eigenvalue weighted by Crippen LogP contribution is -2.67. The molecule has 0 saturated carbocycles. The van der Waals surface area contributed by atoms with Gasteiger partial charge in [-0.1, -0.05) is 25.5 Å². The minimum Gasteiger partial charge on any atom is -0.457 e. The van der Waals surface area contributed by atoms with Crippen molar-refractivity contribution in [2.45, 2.75) is 57.1 Å². The molecule has 3 aliphatic rings. The van der Waals surface area contributed by atoms with E-state index in [1.807, 2.05) is 0 Å². The van der Waals surface area contributed by atoms with E-state index in [-0.39, 0.29) is 23.9 Å². The van der Waals surface area contributed by atoms with Crippen LogP contribution in [0.1, 0.15) is 45.4 Å². The molecule has 1 aliphatic carbocycles. The molecule has 0 aromatic rings. The quantitative estimate of drug-likeness (QED) is 0.623. The summed E-state index contributed by atoms with van der Waals surface area (Å²) in [6.07, 6.45) is 9.99. The molecule has 2 saturated heterocycles. The number of carbonyl (C=O) groups excluding carboxylic acids is 2. The van der Waals surface area contributed by atoms with Crippen molar-refractivity contribution in [2.24, 2.45) is 11.8 Å². The van der Waals surface area contributed by atoms with Crippen molar-refractivity contribution >= 4 is 11.9 Å². The Labute approximate surface area is 113 Å². The Bertz CT molecular complexity index is 431. The maximum absolute atomic E-state index is 12.1. The number of esters is 1. The molecule has 1 N–H and O–H groups in total. The van der Waals surface area contributed by atoms with E-state index in [0.29, 0.717) is 12.3 Å². The number of hydrogen-bond donors (Lipinski definition) is 1. The Morgan fingerprint density at radius 1 is 1.47 bits per heavy atom. The van der Waals surface area contributed by atoms with Crippen LogP contribution in [-0.4, -0.2) is 23.5 Å². The molecule has 4 heteroatoms. The molecule has 0 bridgehead atoms. The van der Waals surface area contributed by atoms with Crippen molar-refractivity contribution in [3.05, 3.63) is 12.2 Å². The summed E-state index contributed by atoms with van der Waals surface area (Å²) in [7, 11) is 0. The normalized spacial score (nSPS) is 40.4. The summed E-state index contributed by atoms with van der Waals surface area (Å²) in [5, 5.41) is 2.95. The van der Waals surface area contributed by atoms with Gasteiger partial charge in [-0.15, -0.1) is 0 Å². The average molecular weight is 263 g/mol. The molecule has 0 radical (unpaired) electrons. The van der Waals surface area contributed by atoms with Gasteiger partial charge in [-0.25, -0.2) is 4.79 Å². The highest BCUT2D eigenvalue weighted by Crippen LogP contribution is 2.45. The fourth-order valence-corrected chi connectivity index (χ4v) is 3.69. The van der Waals surface area contributed by atoms with Gasteiger partial charge in [0.15, 0.2) is 5.54 Å². The van der Waals surface area contributed by atoms with Gasteiger partial charge < -0.3 is 10.1 Å². The second-order valence-electron chi connectivity index (χ2n) is 6.00. The fourth-order valence-electron chi connectivity index (χ4n) is 3.69. The minimum atomic E-state index is -0.719. The van der Waals surface area contributed by atoms with Crippen LogP contribution in [0.25, 0.3) is 0 Å². The van der Waals surface area contributed by atoms with Crippen LogP contribution in [0.3, 0.4) is 0 Å². The van der Waals surface area contributed by atoms with E-state index in [1.54, 1.807) is 0 Å². The van der Waals surface area contributed by atoms with Gasteiger partial charge in [-0.3, -0.25) is 4.79 Å². The van der Waals surface area contributed by atoms with Crippen LogP contribution >= 0.6 is 0 Å². The van der Waals surface area contributed by atoms with Gasteiger partial charge in [-0.2, -0.15) is 0 Å². The summed E-state index contributed by atoms with van der Waals surface area (Å²) >= 11 is 0. The van der Waals surface area contributed by atoms with Crippen LogP contribution < -0.4 is 5.32 Å². The number of fused-ring (bicyclic) bond motifs is 1. The molecule has 3 rings (SSSR count). The highest BCUT2D eigenvalue weighted by atomic mass is 16.6. The largest absolute Gasteiger partial charge is 0.457 e. The molecule has 0 spiro atoms. The molecule has 2 heterocycles. The minimum absolute atomic E-state index is 0.00232. The van der Waals surface area contributed by atoms with Crippen LogP contribution in [0.2, 0.25) is 0 Å². The number of hydrogen-bond acceptors (Lipinski definition) is 3. The SMILES string of the molecule is CCCC1C(=O)NC2(CC3C=CCCC3)C(=O)OC12. The van der Waals surface area contributed by atoms with Gasteiger partial charge in [-0.05, 0) is 38.0 Å². The van der Waals surface area contributed by atoms with E-state index in [1.165, 1.54) is 6.42 Å². The molecule has 4 nitrogen and oxygen atoms in total. The molecule has 0 aromatic heterocycles. The highest BCUT2D eigenvalue weighted by Gasteiger charge is 2.67. The predicted octanol–water partition coefficient (Wildman–Crippen LogP) is 1.94. The third-order valence-corrected chi connectivity index (χ3v) is 4.67. The first kappa shape index (κ1) is 12.7. The van der Waals surface area contributed by atoms with Crippen molar-refractivity contribution in [3.8, 4) is 0 Å². The number of allylic oxidation sites excluding steroid dienone is 2. The number of ether oxygens (including phenoxy) is 1. The maximum atomic E-state index is 12.1. The summed E-state index contributed by atoms with van der Waals surface area (Å²) in [5.74, 6) is 0.0148. The zero-order chi connectivity index (χ0) is 13.5. The fraction of sp³-hybridized carbons (Fsp3) is 0.733. The van der Waals surface area contributed by atoms with Crippen molar-refractivity contribution < 1.29 is 14.3 Å². The van der Waals surface area contributed by atoms with Crippen LogP contribution in [-0.2, 0) is 14.3 Å². The van der Waals surface area contributed by atoms with Crippen molar-refractivity contribution in [1.29, 1.82) is 0 Å². The maximum Gasteiger partial charge on any atom is 0.336 e. The zero-order valence-corrected chi connectivity index (χ0v) is 11.4. The molecule has 4 atom stereocenters. The summed E-state index contributed by atoms with van der Waals surface area (Å²) in [4.78, 5) is 24.0. The first-order valence-corrected chi connectivity index (χ1v) is 7.37. The molecule has 2 fully saturated rings. The lowest BCUT2D eigenvalue weighted by molar-refractivity contribution is -0.193. The lowest BCUT2D eigenvalue weighted by Gasteiger charge is -2.44. The monoisotopic (exact) mass is 263 g/mol. The number of carbonyl (C=O) groups is 2. The van der Waals surface area contributed by atoms with Gasteiger partial charge in [0.2, 0.25) is 5.91 Å². The van der Waals surface area contributed by atoms with E-state index in [0.717, 1.165) is 25.7 Å². The molecule has 2 aliphatic heterocycles. The average Bonchev–Trinajstić information content (AvgIpc) is 2.62. The predicted molar refractivity (Wildman–Crippen MR) is 70.2 cm³/mol. The number of rotatable bonds is 4. The van der Waals surface area contributed by atoms with Crippen molar-refractivity contribution in [3.63, 3.8) is 0 Å². The van der Waals surface area contributed by atoms with E-state index in [4.69, 9.17) is 4.74 Å². The second kappa shape index (κ2) is 4.66. The van der Waals surface area contributed by atoms with Crippen molar-refractivity contribution in [2.75, 3.05) is 0 Å². The second-order valence-corrected chi connectivity index (χ2v) is 6.00. The smallest absolute Gasteiger partial charge is 0.336 e. The Balaban J connectivity index is 1.77. The highest BCUT2D eigenvalue weighted by molar-refractivity contribution is 5.99. The summed E-state index contributed by atoms with van der Waals surface area (Å²) in [5.41, 5.74) is -0.719. The molecule has 1 amide bonds. The number of amides is 1. The lowest BCUT2D eigenvalue weighted by atomic mass is 9.74. The molecule has 19 heavy (non-hydrogen) atoms. The van der Waals surface area contributed by atoms with E-state index >= 15 is 0 Å². The van der Waals surface area contributed by atoms with E-state index < -0.39 is 5.54 Å². The first-order chi connectivity index (χ1) is 9.17. The van der Waals surface area contributed by atoms with Gasteiger partial charge >= 0.3 is 5.97 Å². The summed E-state index contributed by atoms with van der Waals surface area (Å²) in [6.45, 7) is 2.05. The Hall–Kier alpha value is -1.32. The summed E-state index contributed by atoms with van der Waals surface area (Å²) in [6, 6.07) is 0. The summed E-state index contributed by atoms with van der Waals surface area (Å²) < 4.78 is 5.30. The van der Waals surface area contributed by atoms with Gasteiger partial charge in [0.25, 0.3) is 0 Å². The third kappa shape index (κ3) is 1.88. The Morgan fingerprint density at radius 2 is 2.32 bits per heavy atom.